The highest BCUT2D eigenvalue weighted by molar-refractivity contribution is 6.34. The number of amides is 1. The quantitative estimate of drug-likeness (QED) is 0.380. The lowest BCUT2D eigenvalue weighted by molar-refractivity contribution is 0.0777. The number of halogens is 4. The normalized spacial score (nSPS) is 22.1. The van der Waals surface area contributed by atoms with Crippen LogP contribution in [0.15, 0.2) is 30.3 Å². The van der Waals surface area contributed by atoms with Crippen LogP contribution < -0.4 is 4.74 Å². The van der Waals surface area contributed by atoms with E-state index in [1.807, 2.05) is 12.1 Å². The molecule has 194 valence electrons. The maximum Gasteiger partial charge on any atom is 0.256 e. The van der Waals surface area contributed by atoms with Crippen LogP contribution in [-0.2, 0) is 0 Å². The van der Waals surface area contributed by atoms with E-state index in [1.54, 1.807) is 12.1 Å². The number of carbonyl (C=O) groups is 1. The third-order valence-electron chi connectivity index (χ3n) is 7.80. The molecule has 2 atom stereocenters. The van der Waals surface area contributed by atoms with Crippen LogP contribution in [0, 0.1) is 11.7 Å². The molecule has 4 nitrogen and oxygen atoms in total. The van der Waals surface area contributed by atoms with E-state index >= 15 is 0 Å². The second kappa shape index (κ2) is 10.8. The Morgan fingerprint density at radius 3 is 2.33 bits per heavy atom. The van der Waals surface area contributed by atoms with Crippen molar-refractivity contribution in [3.8, 4) is 5.75 Å². The van der Waals surface area contributed by atoms with Crippen molar-refractivity contribution in [3.63, 3.8) is 0 Å². The van der Waals surface area contributed by atoms with Crippen LogP contribution >= 0.6 is 23.2 Å². The van der Waals surface area contributed by atoms with Gasteiger partial charge < -0.3 is 9.64 Å². The molecule has 0 aromatic heterocycles. The highest BCUT2D eigenvalue weighted by atomic mass is 35.5. The van der Waals surface area contributed by atoms with Crippen molar-refractivity contribution in [1.29, 1.82) is 0 Å². The number of alkyl halides is 1. The summed E-state index contributed by atoms with van der Waals surface area (Å²) in [5.41, 5.74) is 2.04. The van der Waals surface area contributed by atoms with E-state index in [9.17, 15) is 13.6 Å². The highest BCUT2D eigenvalue weighted by Crippen LogP contribution is 2.45. The lowest BCUT2D eigenvalue weighted by atomic mass is 9.95. The Labute approximate surface area is 221 Å². The maximum atomic E-state index is 15.0. The Morgan fingerprint density at radius 1 is 1.03 bits per heavy atom. The predicted molar refractivity (Wildman–Crippen MR) is 138 cm³/mol. The minimum atomic E-state index is -1.03. The molecule has 0 radical (unpaired) electrons. The van der Waals surface area contributed by atoms with Gasteiger partial charge in [0.25, 0.3) is 5.91 Å². The highest BCUT2D eigenvalue weighted by Gasteiger charge is 2.33. The number of nitrogens with zero attached hydrogens (tertiary/aromatic N) is 2. The molecule has 2 aliphatic heterocycles. The summed E-state index contributed by atoms with van der Waals surface area (Å²) >= 11 is 12.4. The van der Waals surface area contributed by atoms with Gasteiger partial charge in [-0.25, -0.2) is 8.78 Å². The standard InChI is InChI=1S/C28H32Cl2F2N2O2/c1-17(20-10-21(29)12-22(30)11-20)33-7-4-18(5-8-33)16-36-27-14-26(32)25(13-24(27)19-2-3-19)28(35)34-9-6-23(31)15-34/h10-14,17-19,23H,2-9,15-16H2,1H3. The lowest BCUT2D eigenvalue weighted by Gasteiger charge is -2.36. The van der Waals surface area contributed by atoms with Crippen LogP contribution in [0.25, 0.3) is 0 Å². The molecular weight excluding hydrogens is 505 g/mol. The van der Waals surface area contributed by atoms with E-state index in [2.05, 4.69) is 11.8 Å². The van der Waals surface area contributed by atoms with Crippen LogP contribution in [0.5, 0.6) is 5.75 Å². The number of rotatable bonds is 7. The van der Waals surface area contributed by atoms with E-state index in [1.165, 1.54) is 11.0 Å². The molecule has 2 aromatic rings. The predicted octanol–water partition coefficient (Wildman–Crippen LogP) is 7.05. The molecule has 2 unspecified atom stereocenters. The number of ether oxygens (including phenoxy) is 1. The molecule has 1 amide bonds. The Balaban J connectivity index is 1.20. The molecule has 0 spiro atoms. The van der Waals surface area contributed by atoms with Gasteiger partial charge in [0.2, 0.25) is 0 Å². The first-order valence-electron chi connectivity index (χ1n) is 12.9. The van der Waals surface area contributed by atoms with Crippen molar-refractivity contribution in [3.05, 3.63) is 62.9 Å². The minimum absolute atomic E-state index is 0.0294. The molecule has 2 aromatic carbocycles. The van der Waals surface area contributed by atoms with Crippen molar-refractivity contribution >= 4 is 29.1 Å². The molecule has 3 aliphatic rings. The molecule has 36 heavy (non-hydrogen) atoms. The largest absolute Gasteiger partial charge is 0.493 e. The summed E-state index contributed by atoms with van der Waals surface area (Å²) in [4.78, 5) is 16.6. The average Bonchev–Trinajstić information content (AvgIpc) is 3.61. The van der Waals surface area contributed by atoms with Gasteiger partial charge in [0.05, 0.1) is 18.7 Å². The monoisotopic (exact) mass is 536 g/mol. The van der Waals surface area contributed by atoms with Crippen LogP contribution in [0.4, 0.5) is 8.78 Å². The van der Waals surface area contributed by atoms with Crippen LogP contribution in [0.2, 0.25) is 10.0 Å². The Kier molecular flexibility index (Phi) is 7.75. The van der Waals surface area contributed by atoms with Gasteiger partial charge in [-0.2, -0.15) is 0 Å². The first-order chi connectivity index (χ1) is 17.3. The van der Waals surface area contributed by atoms with E-state index in [0.29, 0.717) is 47.2 Å². The van der Waals surface area contributed by atoms with Crippen molar-refractivity contribution in [2.45, 2.75) is 57.2 Å². The summed E-state index contributed by atoms with van der Waals surface area (Å²) in [6.45, 7) is 4.93. The number of likely N-dealkylation sites (tertiary alicyclic amines) is 2. The lowest BCUT2D eigenvalue weighted by Crippen LogP contribution is -2.37. The van der Waals surface area contributed by atoms with Crippen LogP contribution in [0.1, 0.15) is 72.5 Å². The van der Waals surface area contributed by atoms with Gasteiger partial charge in [-0.15, -0.1) is 0 Å². The zero-order valence-corrected chi connectivity index (χ0v) is 22.0. The number of benzene rings is 2. The topological polar surface area (TPSA) is 32.8 Å². The SMILES string of the molecule is CC(c1cc(Cl)cc(Cl)c1)N1CCC(COc2cc(F)c(C(=O)N3CCC(F)C3)cc2C2CC2)CC1. The number of hydrogen-bond donors (Lipinski definition) is 0. The second-order valence-corrected chi connectivity index (χ2v) is 11.3. The molecule has 2 heterocycles. The summed E-state index contributed by atoms with van der Waals surface area (Å²) in [7, 11) is 0. The Bertz CT molecular complexity index is 1100. The smallest absolute Gasteiger partial charge is 0.256 e. The van der Waals surface area contributed by atoms with E-state index in [-0.39, 0.29) is 18.2 Å². The third kappa shape index (κ3) is 5.81. The van der Waals surface area contributed by atoms with Gasteiger partial charge in [0.15, 0.2) is 0 Å². The molecule has 8 heteroatoms. The minimum Gasteiger partial charge on any atom is -0.493 e. The van der Waals surface area contributed by atoms with Crippen molar-refractivity contribution in [1.82, 2.24) is 9.80 Å². The Morgan fingerprint density at radius 2 is 1.72 bits per heavy atom. The van der Waals surface area contributed by atoms with E-state index in [4.69, 9.17) is 27.9 Å². The van der Waals surface area contributed by atoms with Gasteiger partial charge in [-0.3, -0.25) is 9.69 Å². The van der Waals surface area contributed by atoms with E-state index in [0.717, 1.165) is 49.9 Å². The molecule has 2 saturated heterocycles. The van der Waals surface area contributed by atoms with Gasteiger partial charge in [0.1, 0.15) is 17.7 Å². The summed E-state index contributed by atoms with van der Waals surface area (Å²) in [6.07, 6.45) is 3.27. The van der Waals surface area contributed by atoms with Crippen LogP contribution in [0.3, 0.4) is 0 Å². The fraction of sp³-hybridized carbons (Fsp3) is 0.536. The molecule has 1 aliphatic carbocycles. The first kappa shape index (κ1) is 25.7. The molecule has 0 bridgehead atoms. The fourth-order valence-electron chi connectivity index (χ4n) is 5.39. The molecular formula is C28H32Cl2F2N2O2. The summed E-state index contributed by atoms with van der Waals surface area (Å²) < 4.78 is 34.7. The first-order valence-corrected chi connectivity index (χ1v) is 13.6. The molecule has 5 rings (SSSR count). The second-order valence-electron chi connectivity index (χ2n) is 10.5. The summed E-state index contributed by atoms with van der Waals surface area (Å²) in [5, 5.41) is 1.29. The fourth-order valence-corrected chi connectivity index (χ4v) is 5.93. The Hall–Kier alpha value is -1.89. The van der Waals surface area contributed by atoms with E-state index < -0.39 is 17.9 Å². The van der Waals surface area contributed by atoms with Crippen molar-refractivity contribution in [2.24, 2.45) is 5.92 Å². The van der Waals surface area contributed by atoms with Gasteiger partial charge in [-0.1, -0.05) is 23.2 Å². The summed E-state index contributed by atoms with van der Waals surface area (Å²) in [5.74, 6) is 0.195. The van der Waals surface area contributed by atoms with Gasteiger partial charge in [0, 0.05) is 28.7 Å². The average molecular weight is 537 g/mol. The van der Waals surface area contributed by atoms with Gasteiger partial charge >= 0.3 is 0 Å². The zero-order chi connectivity index (χ0) is 25.4. The number of hydrogen-bond acceptors (Lipinski definition) is 3. The summed E-state index contributed by atoms with van der Waals surface area (Å²) in [6, 6.07) is 8.91. The third-order valence-corrected chi connectivity index (χ3v) is 8.24. The van der Waals surface area contributed by atoms with Crippen molar-refractivity contribution < 1.29 is 18.3 Å². The number of piperidine rings is 1. The molecule has 3 fully saturated rings. The van der Waals surface area contributed by atoms with Crippen molar-refractivity contribution in [2.75, 3.05) is 32.8 Å². The molecule has 0 N–H and O–H groups in total. The molecule has 1 saturated carbocycles. The number of carbonyl (C=O) groups excluding carboxylic acids is 1. The zero-order valence-electron chi connectivity index (χ0n) is 20.5. The maximum absolute atomic E-state index is 15.0. The van der Waals surface area contributed by atoms with Gasteiger partial charge in [-0.05, 0) is 99.3 Å². The van der Waals surface area contributed by atoms with Crippen LogP contribution in [-0.4, -0.2) is 54.7 Å².